The molecule has 0 saturated carbocycles. The summed E-state index contributed by atoms with van der Waals surface area (Å²) in [5.74, 6) is 0.839. The average Bonchev–Trinajstić information content (AvgIpc) is 2.53. The number of ether oxygens (including phenoxy) is 1. The Morgan fingerprint density at radius 3 is 2.46 bits per heavy atom. The van der Waals surface area contributed by atoms with Crippen molar-refractivity contribution in [2.24, 2.45) is 5.92 Å². The van der Waals surface area contributed by atoms with Crippen molar-refractivity contribution in [1.29, 1.82) is 0 Å². The van der Waals surface area contributed by atoms with Crippen LogP contribution in [0, 0.1) is 5.92 Å². The predicted molar refractivity (Wildman–Crippen MR) is 94.9 cm³/mol. The summed E-state index contributed by atoms with van der Waals surface area (Å²) in [5, 5.41) is 8.93. The van der Waals surface area contributed by atoms with Gasteiger partial charge in [-0.15, -0.1) is 0 Å². The van der Waals surface area contributed by atoms with Crippen LogP contribution in [-0.2, 0) is 6.42 Å². The molecule has 1 heterocycles. The van der Waals surface area contributed by atoms with Gasteiger partial charge in [-0.25, -0.2) is 4.79 Å². The van der Waals surface area contributed by atoms with E-state index in [1.807, 2.05) is 0 Å². The minimum absolute atomic E-state index is 0.204. The molecule has 0 saturated heterocycles. The summed E-state index contributed by atoms with van der Waals surface area (Å²) in [7, 11) is 0. The molecule has 4 nitrogen and oxygen atoms in total. The average molecular weight is 327 g/mol. The van der Waals surface area contributed by atoms with Crippen LogP contribution in [0.1, 0.15) is 60.8 Å². The molecule has 1 aromatic heterocycles. The molecule has 0 aliphatic heterocycles. The zero-order valence-electron chi connectivity index (χ0n) is 14.7. The fourth-order valence-corrected chi connectivity index (χ4v) is 2.41. The van der Waals surface area contributed by atoms with Crippen LogP contribution in [0.15, 0.2) is 36.5 Å². The number of carboxylic acids is 1. The number of carbonyl (C=O) groups is 1. The van der Waals surface area contributed by atoms with E-state index in [-0.39, 0.29) is 5.56 Å². The van der Waals surface area contributed by atoms with E-state index in [1.165, 1.54) is 11.8 Å². The molecular weight excluding hydrogens is 302 g/mol. The molecule has 0 unspecified atom stereocenters. The largest absolute Gasteiger partial charge is 0.493 e. The first kappa shape index (κ1) is 18.0. The standard InChI is InChI=1S/C20H25NO3/c1-13(2)12-24-19-10-15(5-8-18(19)14(3)4)9-17-7-6-16(11-21-17)20(22)23/h5-8,10-11,13-14H,9,12H2,1-4H3,(H,22,23). The van der Waals surface area contributed by atoms with Crippen molar-refractivity contribution < 1.29 is 14.6 Å². The topological polar surface area (TPSA) is 59.4 Å². The smallest absolute Gasteiger partial charge is 0.337 e. The summed E-state index contributed by atoms with van der Waals surface area (Å²) in [4.78, 5) is 15.1. The second-order valence-corrected chi connectivity index (χ2v) is 6.75. The quantitative estimate of drug-likeness (QED) is 0.811. The zero-order valence-corrected chi connectivity index (χ0v) is 14.7. The number of aromatic carboxylic acids is 1. The van der Waals surface area contributed by atoms with Crippen LogP contribution >= 0.6 is 0 Å². The Labute approximate surface area is 143 Å². The third-order valence-corrected chi connectivity index (χ3v) is 3.73. The maximum Gasteiger partial charge on any atom is 0.337 e. The third kappa shape index (κ3) is 4.82. The van der Waals surface area contributed by atoms with Crippen molar-refractivity contribution in [2.45, 2.75) is 40.0 Å². The Morgan fingerprint density at radius 1 is 1.17 bits per heavy atom. The van der Waals surface area contributed by atoms with E-state index in [2.05, 4.69) is 50.9 Å². The molecule has 0 aliphatic carbocycles. The van der Waals surface area contributed by atoms with E-state index in [0.717, 1.165) is 17.0 Å². The number of pyridine rings is 1. The minimum Gasteiger partial charge on any atom is -0.493 e. The second kappa shape index (κ2) is 7.95. The molecule has 1 aromatic carbocycles. The Morgan fingerprint density at radius 2 is 1.92 bits per heavy atom. The second-order valence-electron chi connectivity index (χ2n) is 6.75. The molecule has 0 fully saturated rings. The van der Waals surface area contributed by atoms with Crippen molar-refractivity contribution in [1.82, 2.24) is 4.98 Å². The van der Waals surface area contributed by atoms with Gasteiger partial charge in [-0.3, -0.25) is 4.98 Å². The van der Waals surface area contributed by atoms with Crippen LogP contribution in [0.5, 0.6) is 5.75 Å². The summed E-state index contributed by atoms with van der Waals surface area (Å²) < 4.78 is 5.99. The fourth-order valence-electron chi connectivity index (χ4n) is 2.41. The van der Waals surface area contributed by atoms with Crippen LogP contribution in [0.4, 0.5) is 0 Å². The van der Waals surface area contributed by atoms with E-state index in [1.54, 1.807) is 12.1 Å². The highest BCUT2D eigenvalue weighted by molar-refractivity contribution is 5.87. The SMILES string of the molecule is CC(C)COc1cc(Cc2ccc(C(=O)O)cn2)ccc1C(C)C. The van der Waals surface area contributed by atoms with E-state index >= 15 is 0 Å². The first-order chi connectivity index (χ1) is 11.4. The normalized spacial score (nSPS) is 11.1. The Hall–Kier alpha value is -2.36. The van der Waals surface area contributed by atoms with Gasteiger partial charge < -0.3 is 9.84 Å². The van der Waals surface area contributed by atoms with Gasteiger partial charge >= 0.3 is 5.97 Å². The van der Waals surface area contributed by atoms with Gasteiger partial charge in [-0.05, 0) is 41.2 Å². The van der Waals surface area contributed by atoms with Crippen molar-refractivity contribution in [2.75, 3.05) is 6.61 Å². The first-order valence-corrected chi connectivity index (χ1v) is 8.30. The lowest BCUT2D eigenvalue weighted by molar-refractivity contribution is 0.0696. The number of hydrogen-bond donors (Lipinski definition) is 1. The zero-order chi connectivity index (χ0) is 17.7. The highest BCUT2D eigenvalue weighted by atomic mass is 16.5. The molecule has 0 amide bonds. The molecule has 2 rings (SSSR count). The molecule has 2 aromatic rings. The minimum atomic E-state index is -0.959. The van der Waals surface area contributed by atoms with Crippen LogP contribution in [0.2, 0.25) is 0 Å². The molecule has 0 bridgehead atoms. The molecule has 128 valence electrons. The summed E-state index contributed by atoms with van der Waals surface area (Å²) in [5.41, 5.74) is 3.35. The molecular formula is C20H25NO3. The maximum atomic E-state index is 10.9. The lowest BCUT2D eigenvalue weighted by atomic mass is 9.98. The Kier molecular flexibility index (Phi) is 5.96. The van der Waals surface area contributed by atoms with Crippen LogP contribution in [0.25, 0.3) is 0 Å². The van der Waals surface area contributed by atoms with Gasteiger partial charge in [-0.1, -0.05) is 39.8 Å². The maximum absolute atomic E-state index is 10.9. The number of benzene rings is 1. The summed E-state index contributed by atoms with van der Waals surface area (Å²) in [6.07, 6.45) is 2.05. The van der Waals surface area contributed by atoms with Crippen LogP contribution in [0.3, 0.4) is 0 Å². The summed E-state index contributed by atoms with van der Waals surface area (Å²) in [6.45, 7) is 9.27. The first-order valence-electron chi connectivity index (χ1n) is 8.30. The summed E-state index contributed by atoms with van der Waals surface area (Å²) in [6, 6.07) is 9.62. The summed E-state index contributed by atoms with van der Waals surface area (Å²) >= 11 is 0. The molecule has 0 aliphatic rings. The van der Waals surface area contributed by atoms with Crippen molar-refractivity contribution >= 4 is 5.97 Å². The number of rotatable bonds is 7. The molecule has 0 atom stereocenters. The van der Waals surface area contributed by atoms with E-state index in [0.29, 0.717) is 24.9 Å². The highest BCUT2D eigenvalue weighted by Gasteiger charge is 2.11. The highest BCUT2D eigenvalue weighted by Crippen LogP contribution is 2.28. The lowest BCUT2D eigenvalue weighted by Crippen LogP contribution is -2.07. The van der Waals surface area contributed by atoms with Gasteiger partial charge in [-0.2, -0.15) is 0 Å². The van der Waals surface area contributed by atoms with Crippen molar-refractivity contribution in [3.8, 4) is 5.75 Å². The lowest BCUT2D eigenvalue weighted by Gasteiger charge is -2.17. The molecule has 0 radical (unpaired) electrons. The van der Waals surface area contributed by atoms with Gasteiger partial charge in [0.1, 0.15) is 5.75 Å². The molecule has 1 N–H and O–H groups in total. The van der Waals surface area contributed by atoms with E-state index in [4.69, 9.17) is 9.84 Å². The van der Waals surface area contributed by atoms with Crippen LogP contribution < -0.4 is 4.74 Å². The number of nitrogens with zero attached hydrogens (tertiary/aromatic N) is 1. The van der Waals surface area contributed by atoms with Gasteiger partial charge in [0.2, 0.25) is 0 Å². The number of carboxylic acid groups (broad SMARTS) is 1. The molecule has 24 heavy (non-hydrogen) atoms. The number of aromatic nitrogens is 1. The van der Waals surface area contributed by atoms with Crippen molar-refractivity contribution in [3.63, 3.8) is 0 Å². The van der Waals surface area contributed by atoms with Gasteiger partial charge in [0, 0.05) is 18.3 Å². The fraction of sp³-hybridized carbons (Fsp3) is 0.400. The van der Waals surface area contributed by atoms with Crippen LogP contribution in [-0.4, -0.2) is 22.7 Å². The van der Waals surface area contributed by atoms with E-state index < -0.39 is 5.97 Å². The van der Waals surface area contributed by atoms with E-state index in [9.17, 15) is 4.79 Å². The Balaban J connectivity index is 2.20. The third-order valence-electron chi connectivity index (χ3n) is 3.73. The Bertz CT molecular complexity index is 691. The van der Waals surface area contributed by atoms with Gasteiger partial charge in [0.25, 0.3) is 0 Å². The molecule has 0 spiro atoms. The van der Waals surface area contributed by atoms with Crippen molar-refractivity contribution in [3.05, 3.63) is 58.9 Å². The van der Waals surface area contributed by atoms with Gasteiger partial charge in [0.05, 0.1) is 12.2 Å². The number of hydrogen-bond acceptors (Lipinski definition) is 3. The monoisotopic (exact) mass is 327 g/mol. The van der Waals surface area contributed by atoms with Gasteiger partial charge in [0.15, 0.2) is 0 Å². The predicted octanol–water partition coefficient (Wildman–Crippen LogP) is 4.53. The molecule has 4 heteroatoms.